The number of pyridine rings is 1. The van der Waals surface area contributed by atoms with Crippen LogP contribution in [-0.2, 0) is 31.7 Å². The molecule has 1 atom stereocenters. The molecule has 0 aliphatic carbocycles. The third kappa shape index (κ3) is 11.8. The van der Waals surface area contributed by atoms with Crippen molar-refractivity contribution < 1.29 is 23.8 Å². The van der Waals surface area contributed by atoms with E-state index in [0.29, 0.717) is 51.4 Å². The lowest BCUT2D eigenvalue weighted by Gasteiger charge is -2.47. The van der Waals surface area contributed by atoms with Gasteiger partial charge in [-0.25, -0.2) is 9.97 Å². The highest BCUT2D eigenvalue weighted by Crippen LogP contribution is 2.41. The van der Waals surface area contributed by atoms with Crippen LogP contribution in [0.2, 0.25) is 18.1 Å². The van der Waals surface area contributed by atoms with Crippen molar-refractivity contribution in [1.29, 1.82) is 0 Å². The minimum absolute atomic E-state index is 0.0166. The largest absolute Gasteiger partial charge is 0.506 e. The van der Waals surface area contributed by atoms with Gasteiger partial charge in [-0.1, -0.05) is 51.1 Å². The predicted molar refractivity (Wildman–Crippen MR) is 236 cm³/mol. The molecule has 14 heteroatoms. The molecule has 2 aliphatic heterocycles. The van der Waals surface area contributed by atoms with E-state index in [9.17, 15) is 14.7 Å². The summed E-state index contributed by atoms with van der Waals surface area (Å²) in [7, 11) is -0.378. The second kappa shape index (κ2) is 19.5. The molecule has 2 saturated heterocycles. The minimum atomic E-state index is -2.20. The van der Waals surface area contributed by atoms with Crippen LogP contribution in [0, 0.1) is 6.92 Å². The van der Waals surface area contributed by atoms with Gasteiger partial charge in [0.15, 0.2) is 8.32 Å². The van der Waals surface area contributed by atoms with Crippen molar-refractivity contribution in [3.63, 3.8) is 0 Å². The van der Waals surface area contributed by atoms with E-state index < -0.39 is 8.32 Å². The zero-order valence-electron chi connectivity index (χ0n) is 36.2. The van der Waals surface area contributed by atoms with E-state index in [0.717, 1.165) is 74.6 Å². The van der Waals surface area contributed by atoms with Gasteiger partial charge in [0.05, 0.1) is 50.0 Å². The zero-order chi connectivity index (χ0) is 42.2. The fourth-order valence-electron chi connectivity index (χ4n) is 7.70. The fourth-order valence-corrected chi connectivity index (χ4v) is 8.98. The second-order valence-electron chi connectivity index (χ2n) is 17.8. The number of likely N-dealkylation sites (tertiary alicyclic amines) is 1. The number of ether oxygens (including phenoxy) is 2. The highest BCUT2D eigenvalue weighted by molar-refractivity contribution is 6.74. The van der Waals surface area contributed by atoms with E-state index in [1.54, 1.807) is 17.0 Å². The van der Waals surface area contributed by atoms with Crippen LogP contribution < -0.4 is 15.8 Å². The van der Waals surface area contributed by atoms with Gasteiger partial charge in [-0.05, 0) is 79.2 Å². The Morgan fingerprint density at radius 2 is 1.86 bits per heavy atom. The number of phenols is 1. The van der Waals surface area contributed by atoms with Crippen LogP contribution in [0.15, 0.2) is 65.6 Å². The number of hydrogen-bond donors (Lipinski definition) is 3. The van der Waals surface area contributed by atoms with Gasteiger partial charge < -0.3 is 39.1 Å². The maximum absolute atomic E-state index is 13.0. The second-order valence-corrected chi connectivity index (χ2v) is 22.6. The first kappa shape index (κ1) is 44.4. The third-order valence-corrected chi connectivity index (χ3v) is 16.8. The van der Waals surface area contributed by atoms with Crippen molar-refractivity contribution in [2.75, 3.05) is 77.6 Å². The molecule has 320 valence electrons. The molecular formula is C45H65N7O6Si. The summed E-state index contributed by atoms with van der Waals surface area (Å²) in [6, 6.07) is 17.4. The number of H-pyrrole nitrogens is 1. The maximum Gasteiger partial charge on any atom is 0.248 e. The zero-order valence-corrected chi connectivity index (χ0v) is 37.2. The van der Waals surface area contributed by atoms with Crippen LogP contribution in [-0.4, -0.2) is 122 Å². The number of hydrogen-bond acceptors (Lipinski definition) is 11. The van der Waals surface area contributed by atoms with Gasteiger partial charge in [0, 0.05) is 76.2 Å². The first-order valence-electron chi connectivity index (χ1n) is 21.2. The quantitative estimate of drug-likeness (QED) is 0.0857. The normalized spacial score (nSPS) is 16.8. The van der Waals surface area contributed by atoms with E-state index in [-0.39, 0.29) is 34.0 Å². The molecule has 2 aliphatic rings. The number of benzene rings is 2. The average Bonchev–Trinajstić information content (AvgIpc) is 3.20. The van der Waals surface area contributed by atoms with Gasteiger partial charge in [-0.3, -0.25) is 14.5 Å². The fraction of sp³-hybridized carbons (Fsp3) is 0.556. The lowest BCUT2D eigenvalue weighted by Crippen LogP contribution is -2.57. The number of rotatable bonds is 17. The van der Waals surface area contributed by atoms with Crippen molar-refractivity contribution in [2.45, 2.75) is 89.8 Å². The highest BCUT2D eigenvalue weighted by Gasteiger charge is 2.41. The molecule has 0 unspecified atom stereocenters. The van der Waals surface area contributed by atoms with Crippen LogP contribution in [0.25, 0.3) is 10.9 Å². The minimum Gasteiger partial charge on any atom is -0.506 e. The van der Waals surface area contributed by atoms with Crippen LogP contribution in [0.5, 0.6) is 5.75 Å². The number of anilines is 1. The SMILES string of the molecule is Cc1ccnc(N2CCOC3(CCN(Cc4cccc(CCOCCC(=O)N(C)CCNC[C@H](O[Si](C)(C)C(C)(C)C)c5ccc(O)c6[nH]c(=O)ccc56)c4)CC3)C2)n1. The topological polar surface area (TPSA) is 145 Å². The van der Waals surface area contributed by atoms with Gasteiger partial charge in [-0.2, -0.15) is 0 Å². The Balaban J connectivity index is 0.902. The molecule has 1 amide bonds. The van der Waals surface area contributed by atoms with E-state index >= 15 is 0 Å². The van der Waals surface area contributed by atoms with Crippen molar-refractivity contribution in [2.24, 2.45) is 0 Å². The van der Waals surface area contributed by atoms with E-state index in [1.807, 2.05) is 32.3 Å². The molecule has 2 aromatic carbocycles. The maximum atomic E-state index is 13.0. The number of aromatic amines is 1. The lowest BCUT2D eigenvalue weighted by molar-refractivity contribution is -0.131. The Morgan fingerprint density at radius 1 is 1.08 bits per heavy atom. The van der Waals surface area contributed by atoms with Crippen LogP contribution >= 0.6 is 0 Å². The van der Waals surface area contributed by atoms with Gasteiger partial charge in [0.1, 0.15) is 5.75 Å². The Labute approximate surface area is 350 Å². The molecule has 3 N–H and O–H groups in total. The molecule has 4 heterocycles. The standard InChI is InChI=1S/C45H65N7O6Si/c1-33-15-20-47-43(48-33)52-25-28-57-45(32-52)18-22-51(23-19-45)31-35-10-8-9-34(29-35)16-26-56-27-17-41(55)50(5)24-21-46-30-39(58-59(6,7)44(2,3)4)36-11-13-38(53)42-37(36)12-14-40(54)49-42/h8-15,20,29,39,46,53H,16-19,21-28,30-32H2,1-7H3,(H,49,54)/t39-/m0/s1. The van der Waals surface area contributed by atoms with Gasteiger partial charge in [0.2, 0.25) is 17.4 Å². The van der Waals surface area contributed by atoms with Crippen molar-refractivity contribution in [3.8, 4) is 5.75 Å². The third-order valence-electron chi connectivity index (χ3n) is 12.3. The summed E-state index contributed by atoms with van der Waals surface area (Å²) in [6.07, 6.45) is 4.61. The van der Waals surface area contributed by atoms with E-state index in [2.05, 4.69) is 88.2 Å². The average molecular weight is 828 g/mol. The predicted octanol–water partition coefficient (Wildman–Crippen LogP) is 5.96. The Bertz CT molecular complexity index is 2080. The number of morpholine rings is 1. The molecule has 2 fully saturated rings. The number of aryl methyl sites for hydroxylation is 1. The summed E-state index contributed by atoms with van der Waals surface area (Å²) in [6.45, 7) is 20.8. The summed E-state index contributed by atoms with van der Waals surface area (Å²) in [5, 5.41) is 14.7. The number of amides is 1. The van der Waals surface area contributed by atoms with Gasteiger partial charge in [0.25, 0.3) is 0 Å². The summed E-state index contributed by atoms with van der Waals surface area (Å²) in [5.41, 5.74) is 4.40. The summed E-state index contributed by atoms with van der Waals surface area (Å²) >= 11 is 0. The number of phenolic OH excluding ortho intramolecular Hbond substituents is 1. The van der Waals surface area contributed by atoms with Crippen molar-refractivity contribution in [1.82, 2.24) is 30.1 Å². The molecule has 4 aromatic rings. The number of aromatic nitrogens is 3. The molecule has 59 heavy (non-hydrogen) atoms. The molecule has 0 saturated carbocycles. The number of fused-ring (bicyclic) bond motifs is 1. The number of carbonyl (C=O) groups is 1. The molecule has 2 aromatic heterocycles. The van der Waals surface area contributed by atoms with Crippen molar-refractivity contribution in [3.05, 3.63) is 93.5 Å². The summed E-state index contributed by atoms with van der Waals surface area (Å²) < 4.78 is 19.2. The first-order chi connectivity index (χ1) is 28.1. The molecule has 13 nitrogen and oxygen atoms in total. The summed E-state index contributed by atoms with van der Waals surface area (Å²) in [4.78, 5) is 43.5. The molecule has 1 spiro atoms. The number of nitrogens with one attached hydrogen (secondary N) is 2. The van der Waals surface area contributed by atoms with Crippen LogP contribution in [0.3, 0.4) is 0 Å². The number of likely N-dealkylation sites (N-methyl/N-ethyl adjacent to an activating group) is 1. The lowest BCUT2D eigenvalue weighted by atomic mass is 9.89. The first-order valence-corrected chi connectivity index (χ1v) is 24.1. The smallest absolute Gasteiger partial charge is 0.248 e. The summed E-state index contributed by atoms with van der Waals surface area (Å²) in [5.74, 6) is 0.862. The molecular weight excluding hydrogens is 763 g/mol. The number of nitrogens with zero attached hydrogens (tertiary/aromatic N) is 5. The molecule has 0 radical (unpaired) electrons. The van der Waals surface area contributed by atoms with Crippen LogP contribution in [0.1, 0.15) is 68.5 Å². The van der Waals surface area contributed by atoms with E-state index in [4.69, 9.17) is 13.9 Å². The number of aromatic hydroxyl groups is 1. The van der Waals surface area contributed by atoms with E-state index in [1.165, 1.54) is 17.2 Å². The van der Waals surface area contributed by atoms with Gasteiger partial charge in [-0.15, -0.1) is 0 Å². The highest BCUT2D eigenvalue weighted by atomic mass is 28.4. The number of piperidine rings is 1. The monoisotopic (exact) mass is 827 g/mol. The number of carbonyl (C=O) groups excluding carboxylic acids is 1. The molecule has 0 bridgehead atoms. The van der Waals surface area contributed by atoms with Gasteiger partial charge >= 0.3 is 0 Å². The Kier molecular flexibility index (Phi) is 14.6. The van der Waals surface area contributed by atoms with Crippen LogP contribution in [0.4, 0.5) is 5.95 Å². The molecule has 6 rings (SSSR count). The Morgan fingerprint density at radius 3 is 2.63 bits per heavy atom. The Hall–Kier alpha value is -4.18. The van der Waals surface area contributed by atoms with Crippen molar-refractivity contribution >= 4 is 31.1 Å².